The standard InChI is InChI=1S/C44H36O/c1-27(2)30-22-24-33-31(26-30)23-25-39-43(33)40(29-13-3-4-14-29)44(45-39)42-37-19-9-7-17-35(37)41(36-18-8-10-20-38(36)42)34-21-11-15-28-12-5-6-16-32(28)34/h5-12,15-27,29H,3-4,13-14H2,1-2H3. The van der Waals surface area contributed by atoms with Crippen LogP contribution in [0.15, 0.2) is 126 Å². The van der Waals surface area contributed by atoms with Crippen molar-refractivity contribution in [3.8, 4) is 22.5 Å². The second-order valence-electron chi connectivity index (χ2n) is 13.3. The highest BCUT2D eigenvalue weighted by Crippen LogP contribution is 2.52. The van der Waals surface area contributed by atoms with Crippen LogP contribution in [0.1, 0.15) is 62.5 Å². The molecule has 45 heavy (non-hydrogen) atoms. The van der Waals surface area contributed by atoms with Crippen LogP contribution < -0.4 is 0 Å². The summed E-state index contributed by atoms with van der Waals surface area (Å²) < 4.78 is 7.12. The van der Waals surface area contributed by atoms with Gasteiger partial charge < -0.3 is 4.42 Å². The molecular formula is C44H36O. The normalized spacial score (nSPS) is 14.2. The van der Waals surface area contributed by atoms with Gasteiger partial charge in [0.15, 0.2) is 0 Å². The van der Waals surface area contributed by atoms with Crippen molar-refractivity contribution in [1.82, 2.24) is 0 Å². The first-order chi connectivity index (χ1) is 22.2. The van der Waals surface area contributed by atoms with Crippen LogP contribution in [0.5, 0.6) is 0 Å². The first-order valence-electron chi connectivity index (χ1n) is 16.6. The van der Waals surface area contributed by atoms with E-state index in [2.05, 4.69) is 135 Å². The highest BCUT2D eigenvalue weighted by atomic mass is 16.3. The minimum atomic E-state index is 0.492. The van der Waals surface area contributed by atoms with Crippen molar-refractivity contribution in [2.75, 3.05) is 0 Å². The molecule has 1 heterocycles. The van der Waals surface area contributed by atoms with Gasteiger partial charge in [-0.05, 0) is 90.5 Å². The molecule has 0 radical (unpaired) electrons. The quantitative estimate of drug-likeness (QED) is 0.189. The van der Waals surface area contributed by atoms with E-state index >= 15 is 0 Å². The molecule has 1 aliphatic rings. The Bertz CT molecular complexity index is 2350. The van der Waals surface area contributed by atoms with Crippen LogP contribution in [-0.2, 0) is 0 Å². The average Bonchev–Trinajstić information content (AvgIpc) is 3.75. The van der Waals surface area contributed by atoms with E-state index in [4.69, 9.17) is 4.42 Å². The molecule has 1 heteroatoms. The molecule has 0 bridgehead atoms. The van der Waals surface area contributed by atoms with Gasteiger partial charge in [-0.1, -0.05) is 142 Å². The Balaban J connectivity index is 1.42. The maximum absolute atomic E-state index is 7.12. The molecule has 8 aromatic rings. The first kappa shape index (κ1) is 26.5. The Morgan fingerprint density at radius 1 is 0.556 bits per heavy atom. The molecule has 7 aromatic carbocycles. The van der Waals surface area contributed by atoms with E-state index in [1.807, 2.05) is 0 Å². The molecule has 0 amide bonds. The zero-order chi connectivity index (χ0) is 30.1. The van der Waals surface area contributed by atoms with Crippen LogP contribution in [-0.4, -0.2) is 0 Å². The van der Waals surface area contributed by atoms with Crippen molar-refractivity contribution in [1.29, 1.82) is 0 Å². The minimum Gasteiger partial charge on any atom is -0.456 e. The summed E-state index contributed by atoms with van der Waals surface area (Å²) in [5.74, 6) is 2.05. The van der Waals surface area contributed by atoms with E-state index < -0.39 is 0 Å². The second kappa shape index (κ2) is 10.3. The molecule has 1 fully saturated rings. The average molecular weight is 581 g/mol. The highest BCUT2D eigenvalue weighted by molar-refractivity contribution is 6.24. The smallest absolute Gasteiger partial charge is 0.140 e. The molecule has 0 saturated heterocycles. The fourth-order valence-corrected chi connectivity index (χ4v) is 8.23. The summed E-state index contributed by atoms with van der Waals surface area (Å²) in [5, 5.41) is 11.5. The van der Waals surface area contributed by atoms with Gasteiger partial charge in [-0.15, -0.1) is 0 Å². The Hall–Kier alpha value is -4.88. The van der Waals surface area contributed by atoms with Gasteiger partial charge in [-0.2, -0.15) is 0 Å². The third-order valence-corrected chi connectivity index (χ3v) is 10.4. The highest BCUT2D eigenvalue weighted by Gasteiger charge is 2.30. The van der Waals surface area contributed by atoms with E-state index in [-0.39, 0.29) is 0 Å². The molecular weight excluding hydrogens is 544 g/mol. The summed E-state index contributed by atoms with van der Waals surface area (Å²) in [6.45, 7) is 4.55. The van der Waals surface area contributed by atoms with Crippen LogP contribution in [0.4, 0.5) is 0 Å². The second-order valence-corrected chi connectivity index (χ2v) is 13.3. The Morgan fingerprint density at radius 2 is 1.18 bits per heavy atom. The molecule has 9 rings (SSSR count). The topological polar surface area (TPSA) is 13.1 Å². The summed E-state index contributed by atoms with van der Waals surface area (Å²) in [6.07, 6.45) is 4.99. The van der Waals surface area contributed by atoms with Crippen LogP contribution in [0.25, 0.3) is 76.5 Å². The summed E-state index contributed by atoms with van der Waals surface area (Å²) in [6, 6.07) is 45.0. The third-order valence-electron chi connectivity index (χ3n) is 10.4. The Labute approximate surface area is 264 Å². The zero-order valence-corrected chi connectivity index (χ0v) is 25.9. The molecule has 0 aliphatic heterocycles. The third kappa shape index (κ3) is 4.07. The van der Waals surface area contributed by atoms with Crippen molar-refractivity contribution < 1.29 is 4.42 Å². The van der Waals surface area contributed by atoms with Crippen molar-refractivity contribution in [2.24, 2.45) is 0 Å². The number of hydrogen-bond acceptors (Lipinski definition) is 1. The van der Waals surface area contributed by atoms with Gasteiger partial charge in [0, 0.05) is 16.5 Å². The van der Waals surface area contributed by atoms with Gasteiger partial charge in [0.05, 0.1) is 0 Å². The van der Waals surface area contributed by atoms with E-state index in [0.29, 0.717) is 11.8 Å². The van der Waals surface area contributed by atoms with Crippen molar-refractivity contribution >= 4 is 54.1 Å². The van der Waals surface area contributed by atoms with Crippen LogP contribution in [0, 0.1) is 0 Å². The molecule has 1 aliphatic carbocycles. The fraction of sp³-hybridized carbons (Fsp3) is 0.182. The monoisotopic (exact) mass is 580 g/mol. The number of hydrogen-bond donors (Lipinski definition) is 0. The van der Waals surface area contributed by atoms with Crippen LogP contribution in [0.3, 0.4) is 0 Å². The van der Waals surface area contributed by atoms with Crippen molar-refractivity contribution in [3.63, 3.8) is 0 Å². The van der Waals surface area contributed by atoms with Crippen molar-refractivity contribution in [2.45, 2.75) is 51.4 Å². The molecule has 0 N–H and O–H groups in total. The Morgan fingerprint density at radius 3 is 1.87 bits per heavy atom. The molecule has 1 aromatic heterocycles. The molecule has 0 atom stereocenters. The minimum absolute atomic E-state index is 0.492. The van der Waals surface area contributed by atoms with Gasteiger partial charge in [0.1, 0.15) is 11.3 Å². The molecule has 1 nitrogen and oxygen atoms in total. The summed E-state index contributed by atoms with van der Waals surface area (Å²) >= 11 is 0. The number of benzene rings is 7. The lowest BCUT2D eigenvalue weighted by Crippen LogP contribution is -1.97. The SMILES string of the molecule is CC(C)c1ccc2c(ccc3oc(-c4c5ccccc5c(-c5cccc6ccccc56)c5ccccc45)c(C4CCCC4)c32)c1. The largest absolute Gasteiger partial charge is 0.456 e. The lowest BCUT2D eigenvalue weighted by Gasteiger charge is -2.19. The van der Waals surface area contributed by atoms with Gasteiger partial charge in [-0.25, -0.2) is 0 Å². The maximum atomic E-state index is 7.12. The van der Waals surface area contributed by atoms with E-state index in [0.717, 1.165) is 11.3 Å². The van der Waals surface area contributed by atoms with Crippen LogP contribution >= 0.6 is 0 Å². The summed E-state index contributed by atoms with van der Waals surface area (Å²) in [4.78, 5) is 0. The lowest BCUT2D eigenvalue weighted by atomic mass is 9.83. The predicted molar refractivity (Wildman–Crippen MR) is 192 cm³/mol. The van der Waals surface area contributed by atoms with E-state index in [1.165, 1.54) is 102 Å². The lowest BCUT2D eigenvalue weighted by molar-refractivity contribution is 0.617. The summed E-state index contributed by atoms with van der Waals surface area (Å²) in [7, 11) is 0. The van der Waals surface area contributed by atoms with Gasteiger partial charge in [-0.3, -0.25) is 0 Å². The van der Waals surface area contributed by atoms with E-state index in [1.54, 1.807) is 0 Å². The van der Waals surface area contributed by atoms with Gasteiger partial charge >= 0.3 is 0 Å². The predicted octanol–water partition coefficient (Wildman–Crippen LogP) is 13.2. The molecule has 0 spiro atoms. The first-order valence-corrected chi connectivity index (χ1v) is 16.6. The summed E-state index contributed by atoms with van der Waals surface area (Å²) in [5.41, 5.74) is 7.61. The Kier molecular flexibility index (Phi) is 6.10. The maximum Gasteiger partial charge on any atom is 0.140 e. The van der Waals surface area contributed by atoms with Crippen LogP contribution in [0.2, 0.25) is 0 Å². The zero-order valence-electron chi connectivity index (χ0n) is 25.9. The number of fused-ring (bicyclic) bond motifs is 6. The van der Waals surface area contributed by atoms with Crippen molar-refractivity contribution in [3.05, 3.63) is 132 Å². The molecule has 0 unspecified atom stereocenters. The number of rotatable bonds is 4. The molecule has 1 saturated carbocycles. The molecule has 218 valence electrons. The van der Waals surface area contributed by atoms with E-state index in [9.17, 15) is 0 Å². The van der Waals surface area contributed by atoms with Gasteiger partial charge in [0.25, 0.3) is 0 Å². The fourth-order valence-electron chi connectivity index (χ4n) is 8.23. The number of furan rings is 1. The van der Waals surface area contributed by atoms with Gasteiger partial charge in [0.2, 0.25) is 0 Å².